The van der Waals surface area contributed by atoms with Crippen molar-refractivity contribution in [3.05, 3.63) is 124 Å². The molecular weight excluding hydrogens is 636 g/mol. The van der Waals surface area contributed by atoms with Gasteiger partial charge in [0.15, 0.2) is 12.4 Å². The molecule has 0 aromatic heterocycles. The summed E-state index contributed by atoms with van der Waals surface area (Å²) in [4.78, 5) is 25.8. The fourth-order valence-electron chi connectivity index (χ4n) is 4.45. The lowest BCUT2D eigenvalue weighted by Crippen LogP contribution is -2.28. The molecule has 0 fully saturated rings. The normalized spacial score (nSPS) is 12.4. The van der Waals surface area contributed by atoms with E-state index in [1.165, 1.54) is 30.3 Å². The van der Waals surface area contributed by atoms with Gasteiger partial charge < -0.3 is 10.1 Å². The van der Waals surface area contributed by atoms with Gasteiger partial charge in [0.1, 0.15) is 11.6 Å². The minimum Gasteiger partial charge on any atom is -0.483 e. The highest BCUT2D eigenvalue weighted by Gasteiger charge is 2.32. The maximum Gasteiger partial charge on any atom is 0.416 e. The second-order valence-electron chi connectivity index (χ2n) is 10.0. The Balaban J connectivity index is 1.46. The van der Waals surface area contributed by atoms with E-state index in [0.29, 0.717) is 29.8 Å². The molecule has 2 N–H and O–H groups in total. The van der Waals surface area contributed by atoms with Gasteiger partial charge in [-0.15, -0.1) is 0 Å². The first-order chi connectivity index (χ1) is 21.2. The number of hydrogen-bond donors (Lipinski definition) is 2. The number of nitrogens with one attached hydrogen (secondary N) is 2. The van der Waals surface area contributed by atoms with Crippen molar-refractivity contribution >= 4 is 39.0 Å². The fourth-order valence-corrected chi connectivity index (χ4v) is 6.01. The van der Waals surface area contributed by atoms with E-state index in [9.17, 15) is 35.6 Å². The number of hydrogen-bond acceptors (Lipinski definition) is 5. The first-order valence-corrected chi connectivity index (χ1v) is 15.4. The highest BCUT2D eigenvalue weighted by atomic mass is 35.5. The highest BCUT2D eigenvalue weighted by Crippen LogP contribution is 2.32. The summed E-state index contributed by atoms with van der Waals surface area (Å²) in [6.45, 7) is 2.84. The van der Waals surface area contributed by atoms with E-state index in [-0.39, 0.29) is 27.3 Å². The van der Waals surface area contributed by atoms with Crippen LogP contribution in [-0.2, 0) is 21.0 Å². The molecule has 7 nitrogen and oxygen atoms in total. The SMILES string of the molecule is CCC(NS(=O)(=O)c1ccc(NC(=O)COc2ccc(Cl)cc2C(=O)c2cc(F)cc(C(F)(F)F)c2)c(C)c1)c1ccccc1. The summed E-state index contributed by atoms with van der Waals surface area (Å²) in [6.07, 6.45) is -4.37. The number of sulfonamides is 1. The molecule has 0 aliphatic carbocycles. The molecule has 4 rings (SSSR count). The number of aryl methyl sites for hydroxylation is 1. The average molecular weight is 663 g/mol. The molecule has 13 heteroatoms. The van der Waals surface area contributed by atoms with Gasteiger partial charge in [0.05, 0.1) is 16.0 Å². The molecule has 1 atom stereocenters. The van der Waals surface area contributed by atoms with E-state index in [0.717, 1.165) is 11.6 Å². The summed E-state index contributed by atoms with van der Waals surface area (Å²) in [7, 11) is -3.90. The van der Waals surface area contributed by atoms with Crippen molar-refractivity contribution in [3.8, 4) is 5.75 Å². The van der Waals surface area contributed by atoms with Crippen molar-refractivity contribution < 1.29 is 40.3 Å². The van der Waals surface area contributed by atoms with Crippen molar-refractivity contribution in [1.82, 2.24) is 4.72 Å². The lowest BCUT2D eigenvalue weighted by molar-refractivity contribution is -0.137. The Hall–Kier alpha value is -4.26. The summed E-state index contributed by atoms with van der Waals surface area (Å²) in [5, 5.41) is 2.65. The number of anilines is 1. The first-order valence-electron chi connectivity index (χ1n) is 13.5. The maximum atomic E-state index is 13.9. The Morgan fingerprint density at radius 1 is 0.956 bits per heavy atom. The van der Waals surface area contributed by atoms with Crippen LogP contribution in [0.15, 0.2) is 89.8 Å². The van der Waals surface area contributed by atoms with Gasteiger partial charge in [-0.2, -0.15) is 13.2 Å². The third kappa shape index (κ3) is 8.47. The van der Waals surface area contributed by atoms with Gasteiger partial charge in [0.25, 0.3) is 5.91 Å². The molecule has 1 amide bonds. The monoisotopic (exact) mass is 662 g/mol. The fraction of sp³-hybridized carbons (Fsp3) is 0.188. The van der Waals surface area contributed by atoms with E-state index in [4.69, 9.17) is 16.3 Å². The predicted octanol–water partition coefficient (Wildman–Crippen LogP) is 7.48. The Bertz CT molecular complexity index is 1830. The second kappa shape index (κ2) is 13.8. The predicted molar refractivity (Wildman–Crippen MR) is 161 cm³/mol. The highest BCUT2D eigenvalue weighted by molar-refractivity contribution is 7.89. The molecule has 0 saturated carbocycles. The zero-order valence-corrected chi connectivity index (χ0v) is 25.5. The summed E-state index contributed by atoms with van der Waals surface area (Å²) in [5.74, 6) is -3.12. The van der Waals surface area contributed by atoms with Crippen LogP contribution >= 0.6 is 11.6 Å². The molecule has 1 unspecified atom stereocenters. The number of carbonyl (C=O) groups excluding carboxylic acids is 2. The number of halogens is 5. The Kier molecular flexibility index (Phi) is 10.3. The summed E-state index contributed by atoms with van der Waals surface area (Å²) in [6, 6.07) is 18.0. The van der Waals surface area contributed by atoms with Crippen molar-refractivity contribution in [2.75, 3.05) is 11.9 Å². The molecule has 0 saturated heterocycles. The first kappa shape index (κ1) is 33.6. The lowest BCUT2D eigenvalue weighted by Gasteiger charge is -2.18. The smallest absolute Gasteiger partial charge is 0.416 e. The molecule has 4 aromatic rings. The number of rotatable bonds is 11. The van der Waals surface area contributed by atoms with E-state index in [2.05, 4.69) is 10.0 Å². The molecule has 4 aromatic carbocycles. The molecule has 0 aliphatic heterocycles. The zero-order chi connectivity index (χ0) is 32.9. The topological polar surface area (TPSA) is 102 Å². The van der Waals surface area contributed by atoms with Crippen LogP contribution < -0.4 is 14.8 Å². The van der Waals surface area contributed by atoms with Gasteiger partial charge in [0, 0.05) is 22.3 Å². The summed E-state index contributed by atoms with van der Waals surface area (Å²) >= 11 is 5.99. The Morgan fingerprint density at radius 3 is 2.31 bits per heavy atom. The van der Waals surface area contributed by atoms with Gasteiger partial charge in [-0.3, -0.25) is 9.59 Å². The quantitative estimate of drug-likeness (QED) is 0.128. The van der Waals surface area contributed by atoms with Gasteiger partial charge in [0.2, 0.25) is 10.0 Å². The van der Waals surface area contributed by atoms with Gasteiger partial charge in [-0.1, -0.05) is 48.9 Å². The average Bonchev–Trinajstić information content (AvgIpc) is 2.99. The minimum atomic E-state index is -4.89. The van der Waals surface area contributed by atoms with Crippen LogP contribution in [0.3, 0.4) is 0 Å². The van der Waals surface area contributed by atoms with Crippen molar-refractivity contribution in [1.29, 1.82) is 0 Å². The number of benzene rings is 4. The van der Waals surface area contributed by atoms with Crippen molar-refractivity contribution in [2.45, 2.75) is 37.4 Å². The molecule has 0 radical (unpaired) electrons. The molecule has 0 heterocycles. The minimum absolute atomic E-state index is 0.000947. The molecule has 0 bridgehead atoms. The number of amides is 1. The van der Waals surface area contributed by atoms with Crippen LogP contribution in [-0.4, -0.2) is 26.7 Å². The van der Waals surface area contributed by atoms with Gasteiger partial charge in [-0.25, -0.2) is 17.5 Å². The Labute approximate surface area is 262 Å². The zero-order valence-electron chi connectivity index (χ0n) is 23.9. The largest absolute Gasteiger partial charge is 0.483 e. The third-order valence-electron chi connectivity index (χ3n) is 6.72. The molecule has 236 valence electrons. The maximum absolute atomic E-state index is 13.9. The van der Waals surface area contributed by atoms with Crippen LogP contribution in [0.2, 0.25) is 5.02 Å². The van der Waals surface area contributed by atoms with Gasteiger partial charge >= 0.3 is 6.18 Å². The second-order valence-corrected chi connectivity index (χ2v) is 12.2. The van der Waals surface area contributed by atoms with Crippen molar-refractivity contribution in [2.24, 2.45) is 0 Å². The molecule has 0 spiro atoms. The van der Waals surface area contributed by atoms with E-state index in [1.54, 1.807) is 6.92 Å². The van der Waals surface area contributed by atoms with E-state index in [1.807, 2.05) is 37.3 Å². The van der Waals surface area contributed by atoms with Gasteiger partial charge in [-0.05, 0) is 79.1 Å². The number of ether oxygens (including phenoxy) is 1. The standard InChI is InChI=1S/C32H27ClF4N2O5S/c1-3-27(20-7-5-4-6-8-20)39-45(42,43)25-10-11-28(19(2)13-25)38-30(40)18-44-29-12-9-23(33)17-26(29)31(41)21-14-22(32(35,36)37)16-24(34)15-21/h4-17,27,39H,3,18H2,1-2H3,(H,38,40). The summed E-state index contributed by atoms with van der Waals surface area (Å²) in [5.41, 5.74) is -0.670. The lowest BCUT2D eigenvalue weighted by atomic mass is 10.00. The molecule has 45 heavy (non-hydrogen) atoms. The van der Waals surface area contributed by atoms with E-state index < -0.39 is 57.5 Å². The number of ketones is 1. The van der Waals surface area contributed by atoms with Crippen LogP contribution in [0.5, 0.6) is 5.75 Å². The Morgan fingerprint density at radius 2 is 1.67 bits per heavy atom. The van der Waals surface area contributed by atoms with E-state index >= 15 is 0 Å². The number of carbonyl (C=O) groups is 2. The molecular formula is C32H27ClF4N2O5S. The third-order valence-corrected chi connectivity index (χ3v) is 8.43. The van der Waals surface area contributed by atoms with Crippen LogP contribution in [0.25, 0.3) is 0 Å². The summed E-state index contributed by atoms with van der Waals surface area (Å²) < 4.78 is 87.9. The van der Waals surface area contributed by atoms with Crippen LogP contribution in [0.1, 0.15) is 52.0 Å². The number of alkyl halides is 3. The van der Waals surface area contributed by atoms with Crippen LogP contribution in [0.4, 0.5) is 23.2 Å². The van der Waals surface area contributed by atoms with Crippen LogP contribution in [0, 0.1) is 12.7 Å². The molecule has 0 aliphatic rings. The van der Waals surface area contributed by atoms with Crippen molar-refractivity contribution in [3.63, 3.8) is 0 Å².